The van der Waals surface area contributed by atoms with Gasteiger partial charge < -0.3 is 18.9 Å². The summed E-state index contributed by atoms with van der Waals surface area (Å²) in [6.07, 6.45) is 8.83. The largest absolute Gasteiger partial charge is 0.497 e. The molecule has 0 N–H and O–H groups in total. The summed E-state index contributed by atoms with van der Waals surface area (Å²) in [5, 5.41) is 0. The molecule has 0 bridgehead atoms. The van der Waals surface area contributed by atoms with Gasteiger partial charge in [-0.15, -0.1) is 0 Å². The van der Waals surface area contributed by atoms with Crippen molar-refractivity contribution in [3.63, 3.8) is 0 Å². The average Bonchev–Trinajstić information content (AvgIpc) is 2.69. The minimum Gasteiger partial charge on any atom is -0.497 e. The lowest BCUT2D eigenvalue weighted by molar-refractivity contribution is -0.111. The van der Waals surface area contributed by atoms with E-state index in [1.165, 1.54) is 13.2 Å². The fourth-order valence-corrected chi connectivity index (χ4v) is 3.12. The normalized spacial score (nSPS) is 20.4. The molecule has 0 saturated heterocycles. The number of benzene rings is 1. The Labute approximate surface area is 160 Å². The lowest BCUT2D eigenvalue weighted by Crippen LogP contribution is -2.37. The summed E-state index contributed by atoms with van der Waals surface area (Å²) in [5.74, 6) is 1.62. The molecule has 5 nitrogen and oxygen atoms in total. The number of hydrogen-bond acceptors (Lipinski definition) is 5. The molecular formula is C22H26O5. The Morgan fingerprint density at radius 3 is 2.30 bits per heavy atom. The molecule has 27 heavy (non-hydrogen) atoms. The highest BCUT2D eigenvalue weighted by atomic mass is 16.5. The van der Waals surface area contributed by atoms with E-state index in [2.05, 4.69) is 0 Å². The lowest BCUT2D eigenvalue weighted by Gasteiger charge is -2.34. The number of carbonyl (C=O) groups excluding carboxylic acids is 1. The van der Waals surface area contributed by atoms with Gasteiger partial charge >= 0.3 is 0 Å². The van der Waals surface area contributed by atoms with Crippen molar-refractivity contribution in [2.45, 2.75) is 19.4 Å². The van der Waals surface area contributed by atoms with E-state index >= 15 is 0 Å². The van der Waals surface area contributed by atoms with Gasteiger partial charge in [-0.1, -0.05) is 24.3 Å². The number of allylic oxidation sites excluding steroid dienone is 4. The molecule has 0 radical (unpaired) electrons. The molecule has 1 aromatic carbocycles. The quantitative estimate of drug-likeness (QED) is 0.723. The first kappa shape index (κ1) is 20.5. The van der Waals surface area contributed by atoms with Crippen LogP contribution in [0.15, 0.2) is 59.4 Å². The van der Waals surface area contributed by atoms with Crippen LogP contribution in [0.4, 0.5) is 0 Å². The zero-order valence-electron chi connectivity index (χ0n) is 16.7. The minimum absolute atomic E-state index is 0.114. The van der Waals surface area contributed by atoms with Crippen LogP contribution in [0.5, 0.6) is 11.5 Å². The van der Waals surface area contributed by atoms with Gasteiger partial charge in [0.1, 0.15) is 5.76 Å². The maximum atomic E-state index is 12.3. The van der Waals surface area contributed by atoms with Crippen molar-refractivity contribution >= 4 is 11.9 Å². The number of methoxy groups -OCH3 is 4. The van der Waals surface area contributed by atoms with Crippen molar-refractivity contribution < 1.29 is 23.7 Å². The molecule has 0 fully saturated rings. The van der Waals surface area contributed by atoms with Crippen LogP contribution >= 0.6 is 0 Å². The van der Waals surface area contributed by atoms with E-state index in [9.17, 15) is 4.79 Å². The van der Waals surface area contributed by atoms with Crippen LogP contribution in [-0.4, -0.2) is 39.8 Å². The summed E-state index contributed by atoms with van der Waals surface area (Å²) in [7, 11) is 6.32. The topological polar surface area (TPSA) is 54.0 Å². The molecule has 0 spiro atoms. The Morgan fingerprint density at radius 2 is 1.74 bits per heavy atom. The third-order valence-electron chi connectivity index (χ3n) is 4.54. The summed E-state index contributed by atoms with van der Waals surface area (Å²) in [6.45, 7) is 3.80. The summed E-state index contributed by atoms with van der Waals surface area (Å²) in [5.41, 5.74) is 1.36. The van der Waals surface area contributed by atoms with E-state index in [4.69, 9.17) is 18.9 Å². The van der Waals surface area contributed by atoms with Crippen LogP contribution in [0.1, 0.15) is 19.4 Å². The van der Waals surface area contributed by atoms with E-state index in [1.807, 2.05) is 44.2 Å². The molecule has 1 atom stereocenters. The second-order valence-electron chi connectivity index (χ2n) is 6.06. The van der Waals surface area contributed by atoms with Gasteiger partial charge in [0.05, 0.1) is 21.3 Å². The van der Waals surface area contributed by atoms with E-state index in [0.717, 1.165) is 11.1 Å². The molecule has 2 rings (SSSR count). The highest BCUT2D eigenvalue weighted by Gasteiger charge is 2.40. The Balaban J connectivity index is 2.57. The van der Waals surface area contributed by atoms with Gasteiger partial charge in [0.15, 0.2) is 22.9 Å². The molecule has 1 aliphatic rings. The van der Waals surface area contributed by atoms with Crippen LogP contribution in [-0.2, 0) is 14.3 Å². The summed E-state index contributed by atoms with van der Waals surface area (Å²) in [6, 6.07) is 5.65. The molecule has 1 unspecified atom stereocenters. The molecule has 144 valence electrons. The summed E-state index contributed by atoms with van der Waals surface area (Å²) < 4.78 is 22.0. The van der Waals surface area contributed by atoms with E-state index in [-0.39, 0.29) is 5.78 Å². The highest BCUT2D eigenvalue weighted by molar-refractivity contribution is 6.08. The number of ketones is 1. The predicted molar refractivity (Wildman–Crippen MR) is 106 cm³/mol. The van der Waals surface area contributed by atoms with Gasteiger partial charge in [0.25, 0.3) is 0 Å². The van der Waals surface area contributed by atoms with Gasteiger partial charge in [-0.25, -0.2) is 0 Å². The molecule has 1 aromatic rings. The average molecular weight is 370 g/mol. The Hall–Kier alpha value is -2.79. The van der Waals surface area contributed by atoms with Gasteiger partial charge in [0, 0.05) is 18.8 Å². The van der Waals surface area contributed by atoms with E-state index in [0.29, 0.717) is 22.8 Å². The van der Waals surface area contributed by atoms with Gasteiger partial charge in [-0.2, -0.15) is 0 Å². The molecule has 1 aliphatic carbocycles. The van der Waals surface area contributed by atoms with Crippen molar-refractivity contribution in [2.75, 3.05) is 28.4 Å². The third kappa shape index (κ3) is 3.98. The fraction of sp³-hybridized carbons (Fsp3) is 0.318. The molecule has 5 heteroatoms. The highest BCUT2D eigenvalue weighted by Crippen LogP contribution is 2.38. The number of ether oxygens (including phenoxy) is 4. The fourth-order valence-electron chi connectivity index (χ4n) is 3.12. The van der Waals surface area contributed by atoms with Crippen molar-refractivity contribution in [1.82, 2.24) is 0 Å². The van der Waals surface area contributed by atoms with Gasteiger partial charge in [0.2, 0.25) is 0 Å². The number of rotatable bonds is 7. The summed E-state index contributed by atoms with van der Waals surface area (Å²) >= 11 is 0. The second kappa shape index (κ2) is 8.73. The van der Waals surface area contributed by atoms with Crippen LogP contribution in [0.25, 0.3) is 6.08 Å². The maximum Gasteiger partial charge on any atom is 0.189 e. The Morgan fingerprint density at radius 1 is 1.04 bits per heavy atom. The van der Waals surface area contributed by atoms with Crippen molar-refractivity contribution in [2.24, 2.45) is 0 Å². The van der Waals surface area contributed by atoms with Crippen molar-refractivity contribution in [3.05, 3.63) is 65.0 Å². The molecular weight excluding hydrogens is 344 g/mol. The van der Waals surface area contributed by atoms with Gasteiger partial charge in [-0.05, 0) is 43.2 Å². The molecule has 0 heterocycles. The first-order valence-electron chi connectivity index (χ1n) is 8.57. The Bertz CT molecular complexity index is 829. The first-order valence-corrected chi connectivity index (χ1v) is 8.57. The lowest BCUT2D eigenvalue weighted by atomic mass is 9.83. The molecule has 0 aliphatic heterocycles. The zero-order valence-corrected chi connectivity index (χ0v) is 16.7. The molecule has 0 saturated carbocycles. The maximum absolute atomic E-state index is 12.3. The van der Waals surface area contributed by atoms with Crippen LogP contribution < -0.4 is 9.47 Å². The van der Waals surface area contributed by atoms with Crippen molar-refractivity contribution in [1.29, 1.82) is 0 Å². The molecule has 0 aromatic heterocycles. The van der Waals surface area contributed by atoms with E-state index < -0.39 is 5.60 Å². The van der Waals surface area contributed by atoms with E-state index in [1.54, 1.807) is 33.5 Å². The first-order chi connectivity index (χ1) is 12.9. The molecule has 0 amide bonds. The smallest absolute Gasteiger partial charge is 0.189 e. The third-order valence-corrected chi connectivity index (χ3v) is 4.54. The summed E-state index contributed by atoms with van der Waals surface area (Å²) in [4.78, 5) is 12.3. The van der Waals surface area contributed by atoms with Crippen LogP contribution in [0, 0.1) is 0 Å². The minimum atomic E-state index is -0.968. The predicted octanol–water partition coefficient (Wildman–Crippen LogP) is 4.11. The zero-order chi connectivity index (χ0) is 20.0. The Kier molecular flexibility index (Phi) is 6.64. The second-order valence-corrected chi connectivity index (χ2v) is 6.06. The monoisotopic (exact) mass is 370 g/mol. The standard InChI is InChI=1S/C22H26O5/c1-7-8-17-14-22(27-6,21(26-5)13-18(17)23)15(2)11-16-9-10-19(24-3)20(12-16)25-4/h7-14H,1-6H3. The van der Waals surface area contributed by atoms with Crippen LogP contribution in [0.3, 0.4) is 0 Å². The van der Waals surface area contributed by atoms with Gasteiger partial charge in [-0.3, -0.25) is 4.79 Å². The SMILES string of the molecule is CC=CC1=CC(OC)(C(C)=Cc2ccc(OC)c(OC)c2)C(OC)=CC1=O. The van der Waals surface area contributed by atoms with Crippen LogP contribution in [0.2, 0.25) is 0 Å². The van der Waals surface area contributed by atoms with Crippen molar-refractivity contribution in [3.8, 4) is 11.5 Å². The number of hydrogen-bond donors (Lipinski definition) is 0. The number of carbonyl (C=O) groups is 1.